The number of H-pyrrole nitrogens is 1. The van der Waals surface area contributed by atoms with Gasteiger partial charge in [0.05, 0.1) is 18.8 Å². The Kier molecular flexibility index (Phi) is 8.17. The van der Waals surface area contributed by atoms with Crippen LogP contribution in [0, 0.1) is 5.92 Å². The number of carbonyl (C=O) groups is 1. The zero-order chi connectivity index (χ0) is 23.9. The Morgan fingerprint density at radius 3 is 2.71 bits per heavy atom. The average Bonchev–Trinajstić information content (AvgIpc) is 3.37. The number of hydrogen-bond donors (Lipinski definition) is 4. The first-order valence-corrected chi connectivity index (χ1v) is 12.2. The average molecular weight is 484 g/mol. The lowest BCUT2D eigenvalue weighted by Crippen LogP contribution is -2.38. The van der Waals surface area contributed by atoms with Gasteiger partial charge in [0.15, 0.2) is 11.4 Å². The van der Waals surface area contributed by atoms with E-state index in [1.807, 2.05) is 55.5 Å². The molecule has 3 aromatic rings. The Morgan fingerprint density at radius 2 is 2.00 bits per heavy atom. The third-order valence-electron chi connectivity index (χ3n) is 5.65. The summed E-state index contributed by atoms with van der Waals surface area (Å²) < 4.78 is 12.9. The van der Waals surface area contributed by atoms with Gasteiger partial charge in [0.25, 0.3) is 0 Å². The number of benzene rings is 2. The second-order valence-electron chi connectivity index (χ2n) is 8.03. The summed E-state index contributed by atoms with van der Waals surface area (Å²) in [6.07, 6.45) is 0.524. The fourth-order valence-electron chi connectivity index (χ4n) is 3.83. The number of nitrogens with one attached hydrogen (secondary N) is 3. The highest BCUT2D eigenvalue weighted by Gasteiger charge is 2.38. The van der Waals surface area contributed by atoms with Gasteiger partial charge in [-0.2, -0.15) is 5.10 Å². The van der Waals surface area contributed by atoms with Crippen LogP contribution in [-0.4, -0.2) is 44.7 Å². The molecule has 1 saturated heterocycles. The largest absolute Gasteiger partial charge is 0.392 e. The molecule has 4 atom stereocenters. The molecule has 0 unspecified atom stereocenters. The molecule has 4 rings (SSSR count). The summed E-state index contributed by atoms with van der Waals surface area (Å²) in [4.78, 5) is 16.2. The minimum Gasteiger partial charge on any atom is -0.392 e. The van der Waals surface area contributed by atoms with Crippen molar-refractivity contribution in [1.82, 2.24) is 20.5 Å². The molecule has 0 saturated carbocycles. The third-order valence-corrected chi connectivity index (χ3v) is 6.62. The van der Waals surface area contributed by atoms with E-state index in [4.69, 9.17) is 9.47 Å². The number of ether oxygens (including phenoxy) is 2. The summed E-state index contributed by atoms with van der Waals surface area (Å²) in [6, 6.07) is 15.0. The van der Waals surface area contributed by atoms with Gasteiger partial charge in [0, 0.05) is 29.5 Å². The van der Waals surface area contributed by atoms with Gasteiger partial charge in [0.1, 0.15) is 6.33 Å². The molecule has 0 spiro atoms. The first-order chi connectivity index (χ1) is 16.6. The zero-order valence-electron chi connectivity index (χ0n) is 19.1. The Morgan fingerprint density at radius 1 is 1.18 bits per heavy atom. The number of thioether (sulfide) groups is 1. The molecule has 2 aromatic carbocycles. The summed E-state index contributed by atoms with van der Waals surface area (Å²) in [5, 5.41) is 22.5. The number of rotatable bonds is 8. The van der Waals surface area contributed by atoms with Gasteiger partial charge in [-0.25, -0.2) is 9.78 Å². The first kappa shape index (κ1) is 24.2. The van der Waals surface area contributed by atoms with Crippen LogP contribution in [0.4, 0.5) is 10.5 Å². The van der Waals surface area contributed by atoms with Crippen molar-refractivity contribution in [3.05, 3.63) is 71.5 Å². The quantitative estimate of drug-likeness (QED) is 0.357. The molecular formula is C24H29N5O4S. The van der Waals surface area contributed by atoms with Crippen molar-refractivity contribution in [2.45, 2.75) is 44.1 Å². The molecule has 9 nitrogen and oxygen atoms in total. The number of aliphatic hydroxyl groups is 1. The molecule has 4 N–H and O–H groups in total. The van der Waals surface area contributed by atoms with Gasteiger partial charge in [0.2, 0.25) is 0 Å². The van der Waals surface area contributed by atoms with Crippen LogP contribution in [0.1, 0.15) is 42.9 Å². The van der Waals surface area contributed by atoms with Crippen LogP contribution in [0.3, 0.4) is 0 Å². The second kappa shape index (κ2) is 11.5. The number of nitrogens with zero attached hydrogens (tertiary/aromatic N) is 2. The van der Waals surface area contributed by atoms with E-state index in [-0.39, 0.29) is 30.8 Å². The van der Waals surface area contributed by atoms with Crippen LogP contribution in [0.5, 0.6) is 0 Å². The number of aromatic amines is 1. The molecule has 0 radical (unpaired) electrons. The van der Waals surface area contributed by atoms with Gasteiger partial charge < -0.3 is 25.2 Å². The molecule has 180 valence electrons. The SMILES string of the molecule is CCNC(=O)Nc1cccc([C@H]2O[C@@H](CSc3ncn[nH]3)[C@@H](C)[C@@H](c3ccc(CO)cc3)O2)c1. The second-order valence-corrected chi connectivity index (χ2v) is 9.04. The fraction of sp³-hybridized carbons (Fsp3) is 0.375. The summed E-state index contributed by atoms with van der Waals surface area (Å²) >= 11 is 1.55. The van der Waals surface area contributed by atoms with E-state index >= 15 is 0 Å². The standard InChI is InChI=1S/C24H29N5O4S/c1-3-25-23(31)28-19-6-4-5-18(11-19)22-32-20(13-34-24-26-14-27-29-24)15(2)21(33-22)17-9-7-16(12-30)8-10-17/h4-11,14-15,20-22,30H,3,12-13H2,1-2H3,(H2,25,28,31)(H,26,27,29)/t15-,20+,21+,22+/m1/s1. The number of urea groups is 1. The van der Waals surface area contributed by atoms with E-state index in [9.17, 15) is 9.90 Å². The number of hydrogen-bond acceptors (Lipinski definition) is 7. The van der Waals surface area contributed by atoms with Crippen molar-refractivity contribution in [2.75, 3.05) is 17.6 Å². The lowest BCUT2D eigenvalue weighted by atomic mass is 9.91. The summed E-state index contributed by atoms with van der Waals surface area (Å²) in [5.41, 5.74) is 3.34. The molecule has 1 fully saturated rings. The van der Waals surface area contributed by atoms with Crippen LogP contribution in [0.25, 0.3) is 0 Å². The minimum absolute atomic E-state index is 0.00502. The van der Waals surface area contributed by atoms with Crippen molar-refractivity contribution in [3.8, 4) is 0 Å². The highest BCUT2D eigenvalue weighted by atomic mass is 32.2. The maximum Gasteiger partial charge on any atom is 0.319 e. The van der Waals surface area contributed by atoms with Crippen LogP contribution < -0.4 is 10.6 Å². The molecular weight excluding hydrogens is 454 g/mol. The maximum absolute atomic E-state index is 12.0. The summed E-state index contributed by atoms with van der Waals surface area (Å²) in [7, 11) is 0. The zero-order valence-corrected chi connectivity index (χ0v) is 19.9. The van der Waals surface area contributed by atoms with Crippen molar-refractivity contribution in [1.29, 1.82) is 0 Å². The lowest BCUT2D eigenvalue weighted by molar-refractivity contribution is -0.268. The van der Waals surface area contributed by atoms with Crippen LogP contribution in [0.15, 0.2) is 60.0 Å². The molecule has 0 aliphatic carbocycles. The van der Waals surface area contributed by atoms with Gasteiger partial charge >= 0.3 is 6.03 Å². The number of carbonyl (C=O) groups excluding carboxylic acids is 1. The predicted octanol–water partition coefficient (Wildman–Crippen LogP) is 4.02. The third kappa shape index (κ3) is 5.95. The van der Waals surface area contributed by atoms with Crippen molar-refractivity contribution < 1.29 is 19.4 Å². The molecule has 2 heterocycles. The number of aromatic nitrogens is 3. The molecule has 0 bridgehead atoms. The molecule has 1 aliphatic heterocycles. The fourth-order valence-corrected chi connectivity index (χ4v) is 4.78. The van der Waals surface area contributed by atoms with Crippen LogP contribution in [-0.2, 0) is 16.1 Å². The Labute approximate surface area is 202 Å². The van der Waals surface area contributed by atoms with E-state index in [2.05, 4.69) is 32.7 Å². The van der Waals surface area contributed by atoms with Crippen molar-refractivity contribution >= 4 is 23.5 Å². The molecule has 34 heavy (non-hydrogen) atoms. The van der Waals surface area contributed by atoms with E-state index in [1.54, 1.807) is 11.8 Å². The maximum atomic E-state index is 12.0. The molecule has 1 aromatic heterocycles. The highest BCUT2D eigenvalue weighted by molar-refractivity contribution is 7.99. The number of amides is 2. The van der Waals surface area contributed by atoms with Crippen molar-refractivity contribution in [3.63, 3.8) is 0 Å². The van der Waals surface area contributed by atoms with Crippen LogP contribution >= 0.6 is 11.8 Å². The minimum atomic E-state index is -0.616. The number of anilines is 1. The first-order valence-electron chi connectivity index (χ1n) is 11.2. The van der Waals surface area contributed by atoms with E-state index < -0.39 is 6.29 Å². The van der Waals surface area contributed by atoms with Gasteiger partial charge in [-0.3, -0.25) is 5.10 Å². The smallest absolute Gasteiger partial charge is 0.319 e. The van der Waals surface area contributed by atoms with E-state index in [0.29, 0.717) is 18.0 Å². The van der Waals surface area contributed by atoms with Gasteiger partial charge in [-0.1, -0.05) is 55.1 Å². The Bertz CT molecular complexity index is 1060. The Balaban J connectivity index is 1.57. The van der Waals surface area contributed by atoms with Gasteiger partial charge in [-0.05, 0) is 30.2 Å². The van der Waals surface area contributed by atoms with E-state index in [0.717, 1.165) is 21.8 Å². The topological polar surface area (TPSA) is 121 Å². The number of aliphatic hydroxyl groups excluding tert-OH is 1. The highest BCUT2D eigenvalue weighted by Crippen LogP contribution is 2.43. The van der Waals surface area contributed by atoms with E-state index in [1.165, 1.54) is 6.33 Å². The summed E-state index contributed by atoms with van der Waals surface area (Å²) in [5.74, 6) is 0.724. The summed E-state index contributed by atoms with van der Waals surface area (Å²) in [6.45, 7) is 4.51. The van der Waals surface area contributed by atoms with Gasteiger partial charge in [-0.15, -0.1) is 0 Å². The normalized spacial score (nSPS) is 22.3. The monoisotopic (exact) mass is 483 g/mol. The molecule has 2 amide bonds. The van der Waals surface area contributed by atoms with Crippen molar-refractivity contribution in [2.24, 2.45) is 5.92 Å². The van der Waals surface area contributed by atoms with Crippen LogP contribution in [0.2, 0.25) is 0 Å². The molecule has 1 aliphatic rings. The Hall–Kier alpha value is -2.92. The lowest BCUT2D eigenvalue weighted by Gasteiger charge is -2.41. The predicted molar refractivity (Wildman–Crippen MR) is 129 cm³/mol. The molecule has 10 heteroatoms.